The SMILES string of the molecule is CC(=O)OC1C=CCN(c2ccccc2)O1. The Morgan fingerprint density at radius 1 is 1.44 bits per heavy atom. The van der Waals surface area contributed by atoms with Gasteiger partial charge in [0.05, 0.1) is 12.2 Å². The highest BCUT2D eigenvalue weighted by Gasteiger charge is 2.18. The summed E-state index contributed by atoms with van der Waals surface area (Å²) in [7, 11) is 0. The Kier molecular flexibility index (Phi) is 3.22. The minimum absolute atomic E-state index is 0.357. The molecule has 0 fully saturated rings. The first kappa shape index (κ1) is 10.7. The lowest BCUT2D eigenvalue weighted by atomic mass is 10.3. The van der Waals surface area contributed by atoms with Crippen LogP contribution in [0.3, 0.4) is 0 Å². The number of esters is 1. The van der Waals surface area contributed by atoms with Crippen LogP contribution in [0.25, 0.3) is 0 Å². The molecule has 1 aliphatic rings. The van der Waals surface area contributed by atoms with Crippen LogP contribution in [0, 0.1) is 0 Å². The molecule has 2 rings (SSSR count). The molecule has 0 N–H and O–H groups in total. The molecule has 0 aromatic heterocycles. The quantitative estimate of drug-likeness (QED) is 0.562. The summed E-state index contributed by atoms with van der Waals surface area (Å²) in [5.41, 5.74) is 0.934. The Bertz CT molecular complexity index is 389. The molecule has 84 valence electrons. The van der Waals surface area contributed by atoms with Crippen molar-refractivity contribution >= 4 is 11.7 Å². The lowest BCUT2D eigenvalue weighted by Gasteiger charge is -2.29. The van der Waals surface area contributed by atoms with E-state index < -0.39 is 6.29 Å². The molecule has 1 aromatic carbocycles. The fraction of sp³-hybridized carbons (Fsp3) is 0.250. The van der Waals surface area contributed by atoms with E-state index in [1.54, 1.807) is 11.1 Å². The number of anilines is 1. The fourth-order valence-electron chi connectivity index (χ4n) is 1.46. The number of carbonyl (C=O) groups excluding carboxylic acids is 1. The molecule has 0 saturated carbocycles. The maximum absolute atomic E-state index is 10.8. The van der Waals surface area contributed by atoms with E-state index in [9.17, 15) is 4.79 Å². The Balaban J connectivity index is 2.04. The minimum atomic E-state index is -0.633. The van der Waals surface area contributed by atoms with Crippen LogP contribution in [0.4, 0.5) is 5.69 Å². The summed E-state index contributed by atoms with van der Waals surface area (Å²) in [5.74, 6) is -0.357. The first-order valence-electron chi connectivity index (χ1n) is 5.09. The predicted molar refractivity (Wildman–Crippen MR) is 59.6 cm³/mol. The molecular weight excluding hydrogens is 206 g/mol. The molecular formula is C12H13NO3. The molecule has 1 aromatic rings. The summed E-state index contributed by atoms with van der Waals surface area (Å²) < 4.78 is 4.95. The zero-order valence-electron chi connectivity index (χ0n) is 9.00. The Morgan fingerprint density at radius 2 is 2.19 bits per heavy atom. The lowest BCUT2D eigenvalue weighted by Crippen LogP contribution is -2.34. The van der Waals surface area contributed by atoms with Crippen molar-refractivity contribution < 1.29 is 14.4 Å². The first-order valence-corrected chi connectivity index (χ1v) is 5.09. The van der Waals surface area contributed by atoms with E-state index in [1.807, 2.05) is 36.4 Å². The number of benzene rings is 1. The summed E-state index contributed by atoms with van der Waals surface area (Å²) in [5, 5.41) is 1.69. The zero-order chi connectivity index (χ0) is 11.4. The second kappa shape index (κ2) is 4.81. The van der Waals surface area contributed by atoms with Crippen LogP contribution in [0.5, 0.6) is 0 Å². The van der Waals surface area contributed by atoms with Gasteiger partial charge in [0.25, 0.3) is 0 Å². The largest absolute Gasteiger partial charge is 0.430 e. The molecule has 1 unspecified atom stereocenters. The topological polar surface area (TPSA) is 38.8 Å². The second-order valence-electron chi connectivity index (χ2n) is 3.41. The van der Waals surface area contributed by atoms with Crippen LogP contribution < -0.4 is 5.06 Å². The fourth-order valence-corrected chi connectivity index (χ4v) is 1.46. The number of para-hydroxylation sites is 1. The highest BCUT2D eigenvalue weighted by molar-refractivity contribution is 5.66. The van der Waals surface area contributed by atoms with Crippen molar-refractivity contribution in [2.45, 2.75) is 13.2 Å². The molecule has 0 aliphatic carbocycles. The average molecular weight is 219 g/mol. The number of nitrogens with zero attached hydrogens (tertiary/aromatic N) is 1. The molecule has 1 atom stereocenters. The smallest absolute Gasteiger partial charge is 0.305 e. The molecule has 0 saturated heterocycles. The lowest BCUT2D eigenvalue weighted by molar-refractivity contribution is -0.169. The summed E-state index contributed by atoms with van der Waals surface area (Å²) >= 11 is 0. The van der Waals surface area contributed by atoms with Gasteiger partial charge in [0.2, 0.25) is 6.29 Å². The third kappa shape index (κ3) is 2.61. The van der Waals surface area contributed by atoms with E-state index in [-0.39, 0.29) is 5.97 Å². The predicted octanol–water partition coefficient (Wildman–Crippen LogP) is 1.88. The van der Waals surface area contributed by atoms with Gasteiger partial charge in [-0.05, 0) is 18.2 Å². The number of carbonyl (C=O) groups is 1. The van der Waals surface area contributed by atoms with Crippen molar-refractivity contribution in [2.75, 3.05) is 11.6 Å². The summed E-state index contributed by atoms with van der Waals surface area (Å²) in [6.07, 6.45) is 3.00. The third-order valence-electron chi connectivity index (χ3n) is 2.12. The standard InChI is InChI=1S/C12H13NO3/c1-10(14)15-12-8-5-9-13(16-12)11-6-3-2-4-7-11/h2-8,12H,9H2,1H3. The van der Waals surface area contributed by atoms with Crippen LogP contribution in [0.1, 0.15) is 6.92 Å². The van der Waals surface area contributed by atoms with Crippen LogP contribution >= 0.6 is 0 Å². The van der Waals surface area contributed by atoms with Crippen molar-refractivity contribution in [1.82, 2.24) is 0 Å². The zero-order valence-corrected chi connectivity index (χ0v) is 9.00. The van der Waals surface area contributed by atoms with E-state index >= 15 is 0 Å². The van der Waals surface area contributed by atoms with Crippen LogP contribution in [-0.2, 0) is 14.4 Å². The van der Waals surface area contributed by atoms with E-state index in [0.29, 0.717) is 6.54 Å². The van der Waals surface area contributed by atoms with Gasteiger partial charge in [-0.15, -0.1) is 0 Å². The molecule has 1 heterocycles. The highest BCUT2D eigenvalue weighted by Crippen LogP contribution is 2.18. The molecule has 0 radical (unpaired) electrons. The first-order chi connectivity index (χ1) is 7.75. The van der Waals surface area contributed by atoms with Crippen LogP contribution in [0.15, 0.2) is 42.5 Å². The van der Waals surface area contributed by atoms with Crippen molar-refractivity contribution in [3.63, 3.8) is 0 Å². The van der Waals surface area contributed by atoms with E-state index in [0.717, 1.165) is 5.69 Å². The molecule has 0 spiro atoms. The molecule has 0 amide bonds. The van der Waals surface area contributed by atoms with Gasteiger partial charge < -0.3 is 4.74 Å². The summed E-state index contributed by atoms with van der Waals surface area (Å²) in [6.45, 7) is 2.00. The van der Waals surface area contributed by atoms with E-state index in [1.165, 1.54) is 6.92 Å². The third-order valence-corrected chi connectivity index (χ3v) is 2.12. The van der Waals surface area contributed by atoms with Crippen molar-refractivity contribution in [2.24, 2.45) is 0 Å². The highest BCUT2D eigenvalue weighted by atomic mass is 16.8. The van der Waals surface area contributed by atoms with Gasteiger partial charge in [0, 0.05) is 6.92 Å². The summed E-state index contributed by atoms with van der Waals surface area (Å²) in [6, 6.07) is 9.66. The Hall–Kier alpha value is -1.81. The molecule has 4 nitrogen and oxygen atoms in total. The van der Waals surface area contributed by atoms with Crippen LogP contribution in [0.2, 0.25) is 0 Å². The van der Waals surface area contributed by atoms with Crippen molar-refractivity contribution in [3.05, 3.63) is 42.5 Å². The maximum atomic E-state index is 10.8. The number of ether oxygens (including phenoxy) is 1. The van der Waals surface area contributed by atoms with Gasteiger partial charge >= 0.3 is 5.97 Å². The number of hydrogen-bond acceptors (Lipinski definition) is 4. The van der Waals surface area contributed by atoms with Crippen molar-refractivity contribution in [1.29, 1.82) is 0 Å². The number of hydroxylamine groups is 1. The molecule has 4 heteroatoms. The van der Waals surface area contributed by atoms with Gasteiger partial charge in [-0.1, -0.05) is 24.3 Å². The summed E-state index contributed by atoms with van der Waals surface area (Å²) in [4.78, 5) is 16.3. The maximum Gasteiger partial charge on any atom is 0.305 e. The Labute approximate surface area is 94.0 Å². The van der Waals surface area contributed by atoms with Gasteiger partial charge in [0.15, 0.2) is 0 Å². The minimum Gasteiger partial charge on any atom is -0.430 e. The normalized spacial score (nSPS) is 19.6. The molecule has 1 aliphatic heterocycles. The van der Waals surface area contributed by atoms with E-state index in [2.05, 4.69) is 0 Å². The molecule has 0 bridgehead atoms. The number of rotatable bonds is 2. The monoisotopic (exact) mass is 219 g/mol. The number of hydrogen-bond donors (Lipinski definition) is 0. The Morgan fingerprint density at radius 3 is 2.88 bits per heavy atom. The van der Waals surface area contributed by atoms with Gasteiger partial charge in [-0.2, -0.15) is 0 Å². The second-order valence-corrected chi connectivity index (χ2v) is 3.41. The van der Waals surface area contributed by atoms with E-state index in [4.69, 9.17) is 9.57 Å². The van der Waals surface area contributed by atoms with Gasteiger partial charge in [-0.3, -0.25) is 4.79 Å². The van der Waals surface area contributed by atoms with Crippen molar-refractivity contribution in [3.8, 4) is 0 Å². The molecule has 16 heavy (non-hydrogen) atoms. The van der Waals surface area contributed by atoms with Gasteiger partial charge in [0.1, 0.15) is 0 Å². The van der Waals surface area contributed by atoms with Gasteiger partial charge in [-0.25, -0.2) is 9.90 Å². The van der Waals surface area contributed by atoms with Crippen LogP contribution in [-0.4, -0.2) is 18.8 Å². The average Bonchev–Trinajstić information content (AvgIpc) is 2.30.